The first kappa shape index (κ1) is 10.3. The summed E-state index contributed by atoms with van der Waals surface area (Å²) in [4.78, 5) is 23.4. The highest BCUT2D eigenvalue weighted by Crippen LogP contribution is 2.39. The second-order valence-electron chi connectivity index (χ2n) is 4.53. The lowest BCUT2D eigenvalue weighted by Gasteiger charge is -2.04. The highest BCUT2D eigenvalue weighted by molar-refractivity contribution is 5.95. The van der Waals surface area contributed by atoms with Crippen LogP contribution in [-0.4, -0.2) is 25.2 Å². The zero-order chi connectivity index (χ0) is 11.8. The fourth-order valence-corrected chi connectivity index (χ4v) is 2.02. The lowest BCUT2D eigenvalue weighted by molar-refractivity contribution is 0.0430. The number of cyclic esters (lactones) is 2. The van der Waals surface area contributed by atoms with Crippen molar-refractivity contribution in [1.29, 1.82) is 0 Å². The molecule has 0 amide bonds. The van der Waals surface area contributed by atoms with Crippen molar-refractivity contribution in [3.63, 3.8) is 0 Å². The van der Waals surface area contributed by atoms with Gasteiger partial charge in [-0.15, -0.1) is 0 Å². The molecule has 2 atom stereocenters. The Bertz CT molecular complexity index is 441. The molecule has 2 aliphatic rings. The van der Waals surface area contributed by atoms with Gasteiger partial charge in [0.1, 0.15) is 0 Å². The third kappa shape index (κ3) is 2.02. The number of carbonyl (C=O) groups excluding carboxylic acids is 2. The van der Waals surface area contributed by atoms with Gasteiger partial charge < -0.3 is 9.47 Å². The molecule has 2 unspecified atom stereocenters. The van der Waals surface area contributed by atoms with Gasteiger partial charge in [-0.2, -0.15) is 0 Å². The van der Waals surface area contributed by atoms with Crippen molar-refractivity contribution in [3.05, 3.63) is 35.4 Å². The lowest BCUT2D eigenvalue weighted by atomic mass is 10.1. The molecule has 1 aromatic carbocycles. The Morgan fingerprint density at radius 1 is 0.941 bits per heavy atom. The lowest BCUT2D eigenvalue weighted by Crippen LogP contribution is -2.08. The van der Waals surface area contributed by atoms with Gasteiger partial charge >= 0.3 is 11.9 Å². The highest BCUT2D eigenvalue weighted by atomic mass is 16.5. The second kappa shape index (κ2) is 3.87. The van der Waals surface area contributed by atoms with Gasteiger partial charge in [0.25, 0.3) is 0 Å². The van der Waals surface area contributed by atoms with Crippen LogP contribution in [0.25, 0.3) is 0 Å². The van der Waals surface area contributed by atoms with E-state index in [4.69, 9.17) is 9.47 Å². The molecule has 4 nitrogen and oxygen atoms in total. The van der Waals surface area contributed by atoms with E-state index in [-0.39, 0.29) is 11.9 Å². The normalized spacial score (nSPS) is 27.3. The molecule has 1 heterocycles. The molecule has 2 bridgehead atoms. The Morgan fingerprint density at radius 3 is 2.00 bits per heavy atom. The van der Waals surface area contributed by atoms with E-state index in [0.29, 0.717) is 36.2 Å². The maximum Gasteiger partial charge on any atom is 0.338 e. The van der Waals surface area contributed by atoms with E-state index in [1.165, 1.54) is 6.07 Å². The van der Waals surface area contributed by atoms with Crippen LogP contribution in [0.15, 0.2) is 24.3 Å². The van der Waals surface area contributed by atoms with Crippen LogP contribution in [0.4, 0.5) is 0 Å². The Labute approximate surface area is 98.5 Å². The van der Waals surface area contributed by atoms with E-state index in [1.54, 1.807) is 18.2 Å². The fraction of sp³-hybridized carbons (Fsp3) is 0.385. The topological polar surface area (TPSA) is 52.6 Å². The quantitative estimate of drug-likeness (QED) is 0.638. The minimum absolute atomic E-state index is 0.350. The van der Waals surface area contributed by atoms with Crippen LogP contribution < -0.4 is 0 Å². The van der Waals surface area contributed by atoms with Crippen molar-refractivity contribution in [1.82, 2.24) is 0 Å². The van der Waals surface area contributed by atoms with Crippen LogP contribution in [0, 0.1) is 11.8 Å². The third-order valence-corrected chi connectivity index (χ3v) is 3.26. The number of hydrogen-bond donors (Lipinski definition) is 0. The molecule has 1 aromatic rings. The summed E-state index contributed by atoms with van der Waals surface area (Å²) in [6, 6.07) is 6.45. The predicted octanol–water partition coefficient (Wildman–Crippen LogP) is 1.65. The molecule has 0 spiro atoms. The maximum atomic E-state index is 11.7. The van der Waals surface area contributed by atoms with E-state index in [0.717, 1.165) is 6.42 Å². The van der Waals surface area contributed by atoms with Gasteiger partial charge in [-0.3, -0.25) is 0 Å². The molecule has 4 heteroatoms. The molecule has 0 radical (unpaired) electrons. The van der Waals surface area contributed by atoms with Crippen LogP contribution in [0.1, 0.15) is 27.1 Å². The molecule has 0 aromatic heterocycles. The van der Waals surface area contributed by atoms with Crippen LogP contribution in [0.3, 0.4) is 0 Å². The molecular weight excluding hydrogens is 220 g/mol. The maximum absolute atomic E-state index is 11.7. The van der Waals surface area contributed by atoms with E-state index >= 15 is 0 Å². The van der Waals surface area contributed by atoms with Crippen molar-refractivity contribution in [2.24, 2.45) is 11.8 Å². The van der Waals surface area contributed by atoms with Crippen molar-refractivity contribution in [2.75, 3.05) is 13.2 Å². The van der Waals surface area contributed by atoms with Gasteiger partial charge in [0.2, 0.25) is 0 Å². The Morgan fingerprint density at radius 2 is 1.47 bits per heavy atom. The molecule has 88 valence electrons. The van der Waals surface area contributed by atoms with Crippen molar-refractivity contribution < 1.29 is 19.1 Å². The highest BCUT2D eigenvalue weighted by Gasteiger charge is 2.39. The molecule has 1 aliphatic heterocycles. The molecule has 1 fully saturated rings. The first-order valence-corrected chi connectivity index (χ1v) is 5.68. The number of carbonyl (C=O) groups is 2. The summed E-state index contributed by atoms with van der Waals surface area (Å²) in [5, 5.41) is 0. The molecule has 1 saturated carbocycles. The first-order valence-electron chi connectivity index (χ1n) is 5.68. The summed E-state index contributed by atoms with van der Waals surface area (Å²) in [7, 11) is 0. The Kier molecular flexibility index (Phi) is 2.35. The van der Waals surface area contributed by atoms with E-state index in [9.17, 15) is 9.59 Å². The molecule has 1 aliphatic carbocycles. The average molecular weight is 232 g/mol. The number of rotatable bonds is 0. The number of esters is 2. The van der Waals surface area contributed by atoms with E-state index in [1.807, 2.05) is 0 Å². The minimum Gasteiger partial charge on any atom is -0.462 e. The average Bonchev–Trinajstić information content (AvgIpc) is 3.11. The molecule has 3 rings (SSSR count). The molecular formula is C13H12O4. The van der Waals surface area contributed by atoms with E-state index in [2.05, 4.69) is 0 Å². The molecule has 17 heavy (non-hydrogen) atoms. The second-order valence-corrected chi connectivity index (χ2v) is 4.53. The summed E-state index contributed by atoms with van der Waals surface area (Å²) < 4.78 is 10.4. The van der Waals surface area contributed by atoms with Crippen molar-refractivity contribution in [2.45, 2.75) is 6.42 Å². The number of benzene rings is 1. The third-order valence-electron chi connectivity index (χ3n) is 3.26. The molecule has 0 saturated heterocycles. The van der Waals surface area contributed by atoms with Crippen LogP contribution in [-0.2, 0) is 9.47 Å². The largest absolute Gasteiger partial charge is 0.462 e. The Balaban J connectivity index is 1.91. The Hall–Kier alpha value is -1.84. The van der Waals surface area contributed by atoms with Gasteiger partial charge in [0.05, 0.1) is 24.3 Å². The summed E-state index contributed by atoms with van der Waals surface area (Å²) >= 11 is 0. The van der Waals surface area contributed by atoms with Crippen LogP contribution in [0.5, 0.6) is 0 Å². The number of ether oxygens (including phenoxy) is 2. The monoisotopic (exact) mass is 232 g/mol. The fourth-order valence-electron chi connectivity index (χ4n) is 2.02. The summed E-state index contributed by atoms with van der Waals surface area (Å²) in [6.07, 6.45) is 0.967. The summed E-state index contributed by atoms with van der Waals surface area (Å²) in [5.41, 5.74) is 0.803. The van der Waals surface area contributed by atoms with Gasteiger partial charge in [0.15, 0.2) is 0 Å². The van der Waals surface area contributed by atoms with Gasteiger partial charge in [-0.1, -0.05) is 6.07 Å². The van der Waals surface area contributed by atoms with Gasteiger partial charge in [-0.25, -0.2) is 9.59 Å². The van der Waals surface area contributed by atoms with Gasteiger partial charge in [0, 0.05) is 0 Å². The standard InChI is InChI=1S/C13H12O4/c14-12-8-2-1-3-9(4-8)13(15)17-7-11-5-10(11)6-16-12/h1-4,10-11H,5-7H2. The predicted molar refractivity (Wildman–Crippen MR) is 58.6 cm³/mol. The van der Waals surface area contributed by atoms with E-state index < -0.39 is 0 Å². The van der Waals surface area contributed by atoms with Crippen LogP contribution in [0.2, 0.25) is 0 Å². The number of hydrogen-bond acceptors (Lipinski definition) is 4. The SMILES string of the molecule is O=C1OCC2CC2COC(=O)c2cccc1c2. The smallest absolute Gasteiger partial charge is 0.338 e. The van der Waals surface area contributed by atoms with Crippen LogP contribution >= 0.6 is 0 Å². The zero-order valence-corrected chi connectivity index (χ0v) is 9.22. The minimum atomic E-state index is -0.368. The first-order chi connectivity index (χ1) is 8.24. The van der Waals surface area contributed by atoms with Crippen molar-refractivity contribution >= 4 is 11.9 Å². The van der Waals surface area contributed by atoms with Gasteiger partial charge in [-0.05, 0) is 36.5 Å². The zero-order valence-electron chi connectivity index (χ0n) is 9.22. The molecule has 0 N–H and O–H groups in total. The van der Waals surface area contributed by atoms with Crippen molar-refractivity contribution in [3.8, 4) is 0 Å². The summed E-state index contributed by atoms with van der Waals surface area (Å²) in [5.74, 6) is -0.0362. The number of fused-ring (bicyclic) bond motifs is 3. The summed E-state index contributed by atoms with van der Waals surface area (Å²) in [6.45, 7) is 0.844.